The van der Waals surface area contributed by atoms with E-state index >= 15 is 0 Å². The number of nitrogens with one attached hydrogen (secondary N) is 1. The quantitative estimate of drug-likeness (QED) is 0.841. The van der Waals surface area contributed by atoms with Gasteiger partial charge in [0.25, 0.3) is 0 Å². The first-order valence-electron chi connectivity index (χ1n) is 7.19. The highest BCUT2D eigenvalue weighted by molar-refractivity contribution is 7.99. The van der Waals surface area contributed by atoms with Crippen LogP contribution in [0.25, 0.3) is 10.8 Å². The first kappa shape index (κ1) is 13.6. The lowest BCUT2D eigenvalue weighted by Crippen LogP contribution is -2.28. The molecule has 3 rings (SSSR count). The first-order valence-corrected chi connectivity index (χ1v) is 8.48. The van der Waals surface area contributed by atoms with Gasteiger partial charge in [0.05, 0.1) is 0 Å². The van der Waals surface area contributed by atoms with Crippen LogP contribution in [-0.4, -0.2) is 22.5 Å². The summed E-state index contributed by atoms with van der Waals surface area (Å²) in [5.41, 5.74) is 8.02. The molecule has 20 heavy (non-hydrogen) atoms. The topological polar surface area (TPSA) is 50.9 Å². The lowest BCUT2D eigenvalue weighted by atomic mass is 9.94. The maximum atomic E-state index is 6.04. The predicted octanol–water partition coefficient (Wildman–Crippen LogP) is 3.90. The third-order valence-electron chi connectivity index (χ3n) is 4.17. The zero-order valence-electron chi connectivity index (χ0n) is 11.8. The third-order valence-corrected chi connectivity index (χ3v) is 5.27. The molecule has 1 aliphatic carbocycles. The first-order chi connectivity index (χ1) is 9.78. The number of anilines is 2. The van der Waals surface area contributed by atoms with Crippen LogP contribution in [0.15, 0.2) is 30.6 Å². The molecule has 2 atom stereocenters. The molecule has 2 unspecified atom stereocenters. The molecular weight excluding hydrogens is 266 g/mol. The van der Waals surface area contributed by atoms with Crippen molar-refractivity contribution < 1.29 is 0 Å². The summed E-state index contributed by atoms with van der Waals surface area (Å²) in [6.07, 6.45) is 11.1. The number of pyridine rings is 1. The van der Waals surface area contributed by atoms with Crippen molar-refractivity contribution in [1.82, 2.24) is 4.98 Å². The van der Waals surface area contributed by atoms with Gasteiger partial charge < -0.3 is 11.1 Å². The Morgan fingerprint density at radius 2 is 2.15 bits per heavy atom. The molecule has 106 valence electrons. The van der Waals surface area contributed by atoms with Gasteiger partial charge in [0.15, 0.2) is 0 Å². The molecule has 1 saturated carbocycles. The van der Waals surface area contributed by atoms with Gasteiger partial charge in [-0.15, -0.1) is 0 Å². The highest BCUT2D eigenvalue weighted by Crippen LogP contribution is 2.32. The van der Waals surface area contributed by atoms with Crippen molar-refractivity contribution in [2.45, 2.75) is 37.0 Å². The van der Waals surface area contributed by atoms with Crippen LogP contribution in [0.3, 0.4) is 0 Å². The van der Waals surface area contributed by atoms with Crippen molar-refractivity contribution in [3.63, 3.8) is 0 Å². The molecule has 0 saturated heterocycles. The molecule has 2 aromatic rings. The van der Waals surface area contributed by atoms with Gasteiger partial charge in [-0.1, -0.05) is 6.42 Å². The lowest BCUT2D eigenvalue weighted by molar-refractivity contribution is 0.474. The van der Waals surface area contributed by atoms with E-state index in [9.17, 15) is 0 Å². The number of aromatic nitrogens is 1. The lowest BCUT2D eigenvalue weighted by Gasteiger charge is -2.29. The monoisotopic (exact) mass is 287 g/mol. The normalized spacial score (nSPS) is 22.9. The number of fused-ring (bicyclic) bond motifs is 1. The van der Waals surface area contributed by atoms with Crippen LogP contribution in [0.2, 0.25) is 0 Å². The fourth-order valence-electron chi connectivity index (χ4n) is 3.05. The van der Waals surface area contributed by atoms with E-state index in [1.165, 1.54) is 25.7 Å². The number of thioether (sulfide) groups is 1. The molecule has 3 nitrogen and oxygen atoms in total. The van der Waals surface area contributed by atoms with E-state index in [0.29, 0.717) is 6.04 Å². The Kier molecular flexibility index (Phi) is 4.01. The summed E-state index contributed by atoms with van der Waals surface area (Å²) >= 11 is 1.99. The van der Waals surface area contributed by atoms with Gasteiger partial charge in [-0.2, -0.15) is 11.8 Å². The van der Waals surface area contributed by atoms with Gasteiger partial charge in [-0.25, -0.2) is 0 Å². The Morgan fingerprint density at radius 1 is 1.25 bits per heavy atom. The van der Waals surface area contributed by atoms with Gasteiger partial charge in [0.2, 0.25) is 0 Å². The van der Waals surface area contributed by atoms with E-state index in [1.54, 1.807) is 6.20 Å². The Bertz CT molecular complexity index is 599. The highest BCUT2D eigenvalue weighted by atomic mass is 32.2. The predicted molar refractivity (Wildman–Crippen MR) is 89.3 cm³/mol. The molecule has 1 heterocycles. The zero-order chi connectivity index (χ0) is 13.9. The summed E-state index contributed by atoms with van der Waals surface area (Å²) in [4.78, 5) is 4.24. The summed E-state index contributed by atoms with van der Waals surface area (Å²) < 4.78 is 0. The summed E-state index contributed by atoms with van der Waals surface area (Å²) in [5.74, 6) is 0. The van der Waals surface area contributed by atoms with Gasteiger partial charge in [-0.3, -0.25) is 4.98 Å². The maximum Gasteiger partial charge on any atom is 0.0439 e. The summed E-state index contributed by atoms with van der Waals surface area (Å²) in [7, 11) is 0. The molecule has 4 heteroatoms. The number of hydrogen-bond acceptors (Lipinski definition) is 4. The number of hydrogen-bond donors (Lipinski definition) is 2. The van der Waals surface area contributed by atoms with Crippen molar-refractivity contribution in [2.75, 3.05) is 17.3 Å². The summed E-state index contributed by atoms with van der Waals surface area (Å²) in [6, 6.07) is 6.62. The van der Waals surface area contributed by atoms with E-state index in [-0.39, 0.29) is 0 Å². The Morgan fingerprint density at radius 3 is 3.00 bits per heavy atom. The Hall–Kier alpha value is -1.42. The second-order valence-corrected chi connectivity index (χ2v) is 6.63. The largest absolute Gasteiger partial charge is 0.398 e. The van der Waals surface area contributed by atoms with Gasteiger partial charge in [0.1, 0.15) is 0 Å². The number of nitrogens with zero attached hydrogens (tertiary/aromatic N) is 1. The molecule has 1 fully saturated rings. The second kappa shape index (κ2) is 5.92. The highest BCUT2D eigenvalue weighted by Gasteiger charge is 2.21. The zero-order valence-corrected chi connectivity index (χ0v) is 12.6. The van der Waals surface area contributed by atoms with Crippen LogP contribution < -0.4 is 11.1 Å². The molecule has 0 spiro atoms. The van der Waals surface area contributed by atoms with Gasteiger partial charge >= 0.3 is 0 Å². The van der Waals surface area contributed by atoms with Gasteiger partial charge in [-0.05, 0) is 43.7 Å². The molecule has 0 radical (unpaired) electrons. The average Bonchev–Trinajstić information content (AvgIpc) is 2.51. The Labute approximate surface area is 124 Å². The van der Waals surface area contributed by atoms with E-state index in [1.807, 2.05) is 30.1 Å². The van der Waals surface area contributed by atoms with Crippen molar-refractivity contribution in [3.8, 4) is 0 Å². The minimum Gasteiger partial charge on any atom is -0.398 e. The van der Waals surface area contributed by atoms with Crippen molar-refractivity contribution in [2.24, 2.45) is 0 Å². The van der Waals surface area contributed by atoms with E-state index in [4.69, 9.17) is 5.73 Å². The Balaban J connectivity index is 1.86. The van der Waals surface area contributed by atoms with E-state index in [2.05, 4.69) is 22.6 Å². The molecule has 0 amide bonds. The molecule has 1 aromatic carbocycles. The van der Waals surface area contributed by atoms with Gasteiger partial charge in [0, 0.05) is 45.8 Å². The molecule has 0 bridgehead atoms. The van der Waals surface area contributed by atoms with Crippen LogP contribution in [0.4, 0.5) is 11.4 Å². The van der Waals surface area contributed by atoms with Crippen LogP contribution in [0.1, 0.15) is 25.7 Å². The summed E-state index contributed by atoms with van der Waals surface area (Å²) in [6.45, 7) is 0. The number of nitrogens with two attached hydrogens (primary N) is 1. The number of nitrogen functional groups attached to an aromatic ring is 1. The molecule has 1 aromatic heterocycles. The molecule has 1 aliphatic rings. The minimum atomic E-state index is 0.563. The minimum absolute atomic E-state index is 0.563. The standard InChI is InChI=1S/C16H21N3S/c1-20-12-4-2-3-11(9-12)19-16-6-5-15(17)13-7-8-18-10-14(13)16/h5-8,10-12,19H,2-4,9,17H2,1H3. The van der Waals surface area contributed by atoms with Crippen LogP contribution in [0.5, 0.6) is 0 Å². The smallest absolute Gasteiger partial charge is 0.0439 e. The second-order valence-electron chi connectivity index (χ2n) is 5.49. The fourth-order valence-corrected chi connectivity index (χ4v) is 3.88. The fraction of sp³-hybridized carbons (Fsp3) is 0.438. The maximum absolute atomic E-state index is 6.04. The van der Waals surface area contributed by atoms with Crippen LogP contribution in [0, 0.1) is 0 Å². The number of benzene rings is 1. The summed E-state index contributed by atoms with van der Waals surface area (Å²) in [5, 5.41) is 6.71. The van der Waals surface area contributed by atoms with Crippen LogP contribution >= 0.6 is 11.8 Å². The van der Waals surface area contributed by atoms with Crippen LogP contribution in [-0.2, 0) is 0 Å². The van der Waals surface area contributed by atoms with Crippen molar-refractivity contribution in [1.29, 1.82) is 0 Å². The third kappa shape index (κ3) is 2.70. The average molecular weight is 287 g/mol. The number of rotatable bonds is 3. The molecular formula is C16H21N3S. The van der Waals surface area contributed by atoms with Crippen molar-refractivity contribution >= 4 is 33.9 Å². The molecule has 0 aliphatic heterocycles. The molecule has 3 N–H and O–H groups in total. The SMILES string of the molecule is CSC1CCCC(Nc2ccc(N)c3ccncc23)C1. The van der Waals surface area contributed by atoms with E-state index < -0.39 is 0 Å². The van der Waals surface area contributed by atoms with Crippen molar-refractivity contribution in [3.05, 3.63) is 30.6 Å². The van der Waals surface area contributed by atoms with E-state index in [0.717, 1.165) is 27.4 Å².